The van der Waals surface area contributed by atoms with Gasteiger partial charge >= 0.3 is 6.03 Å². The molecular formula is C23H22FN7O2. The first-order valence-electron chi connectivity index (χ1n) is 10.7. The van der Waals surface area contributed by atoms with Gasteiger partial charge in [0.05, 0.1) is 17.7 Å². The lowest BCUT2D eigenvalue weighted by atomic mass is 9.81. The Morgan fingerprint density at radius 3 is 2.91 bits per heavy atom. The third-order valence-corrected chi connectivity index (χ3v) is 6.23. The zero-order valence-electron chi connectivity index (χ0n) is 17.9. The van der Waals surface area contributed by atoms with Crippen molar-refractivity contribution in [3.63, 3.8) is 0 Å². The summed E-state index contributed by atoms with van der Waals surface area (Å²) in [4.78, 5) is 20.8. The molecule has 3 heterocycles. The Balaban J connectivity index is 1.48. The second-order valence-electron chi connectivity index (χ2n) is 8.21. The molecule has 5 rings (SSSR count). The second kappa shape index (κ2) is 8.09. The summed E-state index contributed by atoms with van der Waals surface area (Å²) in [6, 6.07) is 4.88. The molecule has 1 saturated carbocycles. The summed E-state index contributed by atoms with van der Waals surface area (Å²) < 4.78 is 20.8. The van der Waals surface area contributed by atoms with Crippen LogP contribution >= 0.6 is 0 Å². The lowest BCUT2D eigenvalue weighted by Crippen LogP contribution is -2.47. The molecule has 1 aliphatic carbocycles. The number of nitrogen functional groups attached to an aromatic ring is 1. The van der Waals surface area contributed by atoms with Crippen molar-refractivity contribution in [3.8, 4) is 23.1 Å². The number of nitrogens with two attached hydrogens (primary N) is 1. The maximum atomic E-state index is 15.3. The fourth-order valence-electron chi connectivity index (χ4n) is 4.20. The Morgan fingerprint density at radius 2 is 2.15 bits per heavy atom. The van der Waals surface area contributed by atoms with Crippen LogP contribution in [0.3, 0.4) is 0 Å². The molecule has 5 N–H and O–H groups in total. The average molecular weight is 447 g/mol. The van der Waals surface area contributed by atoms with Gasteiger partial charge in [-0.25, -0.2) is 19.2 Å². The third kappa shape index (κ3) is 3.61. The molecule has 0 unspecified atom stereocenters. The molecule has 1 aliphatic heterocycles. The summed E-state index contributed by atoms with van der Waals surface area (Å²) in [7, 11) is 0. The Hall–Kier alpha value is -4.13. The molecule has 0 radical (unpaired) electrons. The first kappa shape index (κ1) is 20.8. The van der Waals surface area contributed by atoms with Gasteiger partial charge in [0.25, 0.3) is 0 Å². The zero-order chi connectivity index (χ0) is 23.1. The Labute approximate surface area is 189 Å². The fraction of sp³-hybridized carbons (Fsp3) is 0.304. The molecule has 9 nitrogen and oxygen atoms in total. The van der Waals surface area contributed by atoms with Crippen molar-refractivity contribution in [3.05, 3.63) is 35.9 Å². The van der Waals surface area contributed by atoms with Crippen LogP contribution in [-0.4, -0.2) is 35.2 Å². The number of pyridine rings is 2. The number of carbonyl (C=O) groups is 1. The lowest BCUT2D eigenvalue weighted by molar-refractivity contribution is 0.227. The monoisotopic (exact) mass is 447 g/mol. The standard InChI is InChI=1S/C23H22FN7O2/c1-11-15(9-29-22-21(11)27-4-5-33-22)14-6-13-7-18(28-10-16(13)20(26)19(14)24)31-23(32)30-17-3-2-12(17)8-25/h6-7,9-10,12,17,27H,2-5,26H2,1H3,(H2,28,30,31,32)/t12-,17+/m0/s1. The van der Waals surface area contributed by atoms with E-state index in [1.165, 1.54) is 6.20 Å². The molecule has 10 heteroatoms. The minimum Gasteiger partial charge on any atom is -0.474 e. The molecule has 168 valence electrons. The highest BCUT2D eigenvalue weighted by molar-refractivity contribution is 6.00. The van der Waals surface area contributed by atoms with E-state index in [2.05, 4.69) is 32.0 Å². The van der Waals surface area contributed by atoms with Crippen LogP contribution in [0.4, 0.5) is 26.4 Å². The molecule has 3 aromatic rings. The van der Waals surface area contributed by atoms with Gasteiger partial charge in [-0.3, -0.25) is 5.32 Å². The van der Waals surface area contributed by atoms with Gasteiger partial charge in [-0.1, -0.05) is 0 Å². The average Bonchev–Trinajstić information content (AvgIpc) is 2.80. The predicted molar refractivity (Wildman–Crippen MR) is 122 cm³/mol. The Bertz CT molecular complexity index is 1320. The number of amides is 2. The topological polar surface area (TPSA) is 138 Å². The van der Waals surface area contributed by atoms with Crippen LogP contribution in [0.5, 0.6) is 5.88 Å². The third-order valence-electron chi connectivity index (χ3n) is 6.23. The van der Waals surface area contributed by atoms with Crippen molar-refractivity contribution in [1.82, 2.24) is 15.3 Å². The van der Waals surface area contributed by atoms with Crippen LogP contribution in [-0.2, 0) is 0 Å². The molecule has 2 aromatic heterocycles. The molecule has 1 fully saturated rings. The SMILES string of the molecule is Cc1c(-c2cc3cc(NC(=O)N[C@@H]4CC[C@H]4C#N)ncc3c(N)c2F)cnc2c1NCCO2. The summed E-state index contributed by atoms with van der Waals surface area (Å²) in [6.07, 6.45) is 4.55. The van der Waals surface area contributed by atoms with Crippen LogP contribution < -0.4 is 26.4 Å². The van der Waals surface area contributed by atoms with Crippen molar-refractivity contribution in [2.24, 2.45) is 5.92 Å². The van der Waals surface area contributed by atoms with Crippen LogP contribution in [0.2, 0.25) is 0 Å². The highest BCUT2D eigenvalue weighted by Gasteiger charge is 2.32. The Kier molecular flexibility index (Phi) is 5.09. The Morgan fingerprint density at radius 1 is 1.30 bits per heavy atom. The minimum absolute atomic E-state index is 0.0290. The number of aromatic nitrogens is 2. The highest BCUT2D eigenvalue weighted by atomic mass is 19.1. The quantitative estimate of drug-likeness (QED) is 0.450. The van der Waals surface area contributed by atoms with Gasteiger partial charge in [0.1, 0.15) is 18.1 Å². The van der Waals surface area contributed by atoms with Gasteiger partial charge in [-0.2, -0.15) is 5.26 Å². The molecule has 2 atom stereocenters. The van der Waals surface area contributed by atoms with E-state index in [-0.39, 0.29) is 17.6 Å². The first-order valence-corrected chi connectivity index (χ1v) is 10.7. The van der Waals surface area contributed by atoms with Gasteiger partial charge in [0.2, 0.25) is 5.88 Å². The number of nitriles is 1. The van der Waals surface area contributed by atoms with E-state index in [1.54, 1.807) is 18.3 Å². The number of urea groups is 1. The van der Waals surface area contributed by atoms with Gasteiger partial charge in [-0.05, 0) is 42.8 Å². The number of anilines is 3. The minimum atomic E-state index is -0.558. The van der Waals surface area contributed by atoms with Crippen molar-refractivity contribution >= 4 is 34.0 Å². The van der Waals surface area contributed by atoms with Gasteiger partial charge in [0.15, 0.2) is 5.82 Å². The van der Waals surface area contributed by atoms with E-state index in [4.69, 9.17) is 15.7 Å². The lowest BCUT2D eigenvalue weighted by Gasteiger charge is -2.31. The zero-order valence-corrected chi connectivity index (χ0v) is 17.9. The molecular weight excluding hydrogens is 425 g/mol. The summed E-state index contributed by atoms with van der Waals surface area (Å²) in [5.41, 5.74) is 8.51. The molecule has 1 aromatic carbocycles. The van der Waals surface area contributed by atoms with Crippen molar-refractivity contribution in [2.75, 3.05) is 29.5 Å². The fourth-order valence-corrected chi connectivity index (χ4v) is 4.20. The smallest absolute Gasteiger partial charge is 0.320 e. The number of fused-ring (bicyclic) bond motifs is 2. The van der Waals surface area contributed by atoms with E-state index in [9.17, 15) is 4.79 Å². The molecule has 0 saturated heterocycles. The number of benzene rings is 1. The van der Waals surface area contributed by atoms with E-state index < -0.39 is 11.8 Å². The van der Waals surface area contributed by atoms with Crippen LogP contribution in [0.15, 0.2) is 24.5 Å². The van der Waals surface area contributed by atoms with E-state index in [0.29, 0.717) is 46.7 Å². The molecule has 0 spiro atoms. The van der Waals surface area contributed by atoms with Crippen molar-refractivity contribution in [2.45, 2.75) is 25.8 Å². The summed E-state index contributed by atoms with van der Waals surface area (Å²) in [5, 5.41) is 18.8. The molecule has 33 heavy (non-hydrogen) atoms. The van der Waals surface area contributed by atoms with Gasteiger partial charge < -0.3 is 21.1 Å². The number of nitrogens with one attached hydrogen (secondary N) is 3. The second-order valence-corrected chi connectivity index (χ2v) is 8.21. The van der Waals surface area contributed by atoms with Crippen LogP contribution in [0.25, 0.3) is 21.9 Å². The summed E-state index contributed by atoms with van der Waals surface area (Å²) in [5.74, 6) is 0.0551. The normalized spacial score (nSPS) is 18.8. The molecule has 2 amide bonds. The highest BCUT2D eigenvalue weighted by Crippen LogP contribution is 2.39. The maximum absolute atomic E-state index is 15.3. The number of hydrogen-bond acceptors (Lipinski definition) is 7. The number of ether oxygens (including phenoxy) is 1. The van der Waals surface area contributed by atoms with E-state index >= 15 is 4.39 Å². The predicted octanol–water partition coefficient (Wildman–Crippen LogP) is 3.55. The number of carbonyl (C=O) groups excluding carboxylic acids is 1. The van der Waals surface area contributed by atoms with Crippen molar-refractivity contribution < 1.29 is 13.9 Å². The van der Waals surface area contributed by atoms with Gasteiger partial charge in [0, 0.05) is 41.5 Å². The van der Waals surface area contributed by atoms with Crippen molar-refractivity contribution in [1.29, 1.82) is 5.26 Å². The first-order chi connectivity index (χ1) is 16.0. The largest absolute Gasteiger partial charge is 0.474 e. The van der Waals surface area contributed by atoms with Crippen LogP contribution in [0, 0.1) is 30.0 Å². The summed E-state index contributed by atoms with van der Waals surface area (Å²) in [6.45, 7) is 3.03. The van der Waals surface area contributed by atoms with Gasteiger partial charge in [-0.15, -0.1) is 0 Å². The number of rotatable bonds is 3. The maximum Gasteiger partial charge on any atom is 0.320 e. The molecule has 0 bridgehead atoms. The summed E-state index contributed by atoms with van der Waals surface area (Å²) >= 11 is 0. The number of hydrogen-bond donors (Lipinski definition) is 4. The number of nitrogens with zero attached hydrogens (tertiary/aromatic N) is 3. The van der Waals surface area contributed by atoms with Crippen LogP contribution in [0.1, 0.15) is 18.4 Å². The van der Waals surface area contributed by atoms with E-state index in [0.717, 1.165) is 24.1 Å². The molecule has 2 aliphatic rings. The van der Waals surface area contributed by atoms with E-state index in [1.807, 2.05) is 6.92 Å². The number of halogens is 1.